The van der Waals surface area contributed by atoms with Crippen LogP contribution in [0.4, 0.5) is 4.39 Å². The fourth-order valence-electron chi connectivity index (χ4n) is 2.25. The molecule has 8 heteroatoms. The van der Waals surface area contributed by atoms with Crippen LogP contribution >= 0.6 is 15.9 Å². The number of nitrogens with zero attached hydrogens (tertiary/aromatic N) is 1. The molecular formula is C17H18BrFN2O3S. The first-order chi connectivity index (χ1) is 11.7. The standard InChI is InChI=1S/C17H18BrFN2O3S/c1-21(25(2,23)24)11-16(22)20-17(12-6-4-3-5-7-12)14-9-8-13(18)10-15(14)19/h3-10,17H,11H2,1-2H3,(H,20,22)/t17-/m0/s1. The van der Waals surface area contributed by atoms with Crippen LogP contribution in [0.5, 0.6) is 0 Å². The number of carbonyl (C=O) groups is 1. The first-order valence-electron chi connectivity index (χ1n) is 7.39. The van der Waals surface area contributed by atoms with Gasteiger partial charge in [0.15, 0.2) is 0 Å². The van der Waals surface area contributed by atoms with Crippen molar-refractivity contribution in [3.8, 4) is 0 Å². The van der Waals surface area contributed by atoms with Crippen LogP contribution in [-0.2, 0) is 14.8 Å². The van der Waals surface area contributed by atoms with E-state index in [0.717, 1.165) is 10.6 Å². The minimum Gasteiger partial charge on any atom is -0.344 e. The van der Waals surface area contributed by atoms with Crippen LogP contribution in [0.3, 0.4) is 0 Å². The molecular weight excluding hydrogens is 411 g/mol. The lowest BCUT2D eigenvalue weighted by molar-refractivity contribution is -0.121. The van der Waals surface area contributed by atoms with E-state index in [2.05, 4.69) is 21.2 Å². The van der Waals surface area contributed by atoms with E-state index in [1.165, 1.54) is 13.1 Å². The van der Waals surface area contributed by atoms with Gasteiger partial charge >= 0.3 is 0 Å². The fourth-order valence-corrected chi connectivity index (χ4v) is 2.93. The Morgan fingerprint density at radius 3 is 2.44 bits per heavy atom. The topological polar surface area (TPSA) is 66.5 Å². The van der Waals surface area contributed by atoms with Crippen molar-refractivity contribution in [1.82, 2.24) is 9.62 Å². The van der Waals surface area contributed by atoms with E-state index in [-0.39, 0.29) is 6.54 Å². The van der Waals surface area contributed by atoms with Gasteiger partial charge in [-0.25, -0.2) is 12.8 Å². The summed E-state index contributed by atoms with van der Waals surface area (Å²) in [6.07, 6.45) is 1.02. The maximum absolute atomic E-state index is 14.4. The fraction of sp³-hybridized carbons (Fsp3) is 0.235. The monoisotopic (exact) mass is 428 g/mol. The van der Waals surface area contributed by atoms with Crippen LogP contribution < -0.4 is 5.32 Å². The lowest BCUT2D eigenvalue weighted by atomic mass is 9.98. The van der Waals surface area contributed by atoms with E-state index in [4.69, 9.17) is 0 Å². The van der Waals surface area contributed by atoms with E-state index in [9.17, 15) is 17.6 Å². The summed E-state index contributed by atoms with van der Waals surface area (Å²) < 4.78 is 38.8. The molecule has 0 aromatic heterocycles. The Bertz CT molecular complexity index is 859. The van der Waals surface area contributed by atoms with Crippen molar-refractivity contribution in [2.45, 2.75) is 6.04 Å². The molecule has 0 bridgehead atoms. The highest BCUT2D eigenvalue weighted by Crippen LogP contribution is 2.26. The number of hydrogen-bond acceptors (Lipinski definition) is 3. The molecule has 5 nitrogen and oxygen atoms in total. The zero-order valence-electron chi connectivity index (χ0n) is 13.7. The van der Waals surface area contributed by atoms with E-state index >= 15 is 0 Å². The van der Waals surface area contributed by atoms with E-state index in [0.29, 0.717) is 15.6 Å². The molecule has 0 fully saturated rings. The molecule has 134 valence electrons. The normalized spacial score (nSPS) is 12.8. The Morgan fingerprint density at radius 1 is 1.24 bits per heavy atom. The summed E-state index contributed by atoms with van der Waals surface area (Å²) in [5.41, 5.74) is 0.990. The van der Waals surface area contributed by atoms with Crippen LogP contribution in [-0.4, -0.2) is 38.5 Å². The van der Waals surface area contributed by atoms with E-state index in [1.807, 2.05) is 6.07 Å². The third kappa shape index (κ3) is 5.35. The highest BCUT2D eigenvalue weighted by Gasteiger charge is 2.22. The second-order valence-electron chi connectivity index (χ2n) is 5.60. The van der Waals surface area contributed by atoms with Gasteiger partial charge in [0, 0.05) is 17.1 Å². The van der Waals surface area contributed by atoms with Gasteiger partial charge in [-0.2, -0.15) is 4.31 Å². The number of sulfonamides is 1. The van der Waals surface area contributed by atoms with Gasteiger partial charge in [0.2, 0.25) is 15.9 Å². The molecule has 0 saturated heterocycles. The molecule has 0 radical (unpaired) electrons. The summed E-state index contributed by atoms with van der Waals surface area (Å²) >= 11 is 3.21. The molecule has 1 N–H and O–H groups in total. The molecule has 1 atom stereocenters. The molecule has 2 aromatic rings. The Labute approximate surface area is 155 Å². The summed E-state index contributed by atoms with van der Waals surface area (Å²) in [5.74, 6) is -0.996. The Kier molecular flexibility index (Phi) is 6.31. The molecule has 0 unspecified atom stereocenters. The number of halogens is 2. The van der Waals surface area contributed by atoms with Crippen molar-refractivity contribution in [1.29, 1.82) is 0 Å². The van der Waals surface area contributed by atoms with Crippen LogP contribution in [0.15, 0.2) is 53.0 Å². The van der Waals surface area contributed by atoms with Crippen LogP contribution in [0, 0.1) is 5.82 Å². The maximum Gasteiger partial charge on any atom is 0.236 e. The highest BCUT2D eigenvalue weighted by molar-refractivity contribution is 9.10. The minimum atomic E-state index is -3.48. The van der Waals surface area contributed by atoms with Crippen molar-refractivity contribution < 1.29 is 17.6 Å². The number of benzene rings is 2. The average molecular weight is 429 g/mol. The zero-order chi connectivity index (χ0) is 18.6. The third-order valence-corrected chi connectivity index (χ3v) is 5.40. The third-order valence-electron chi connectivity index (χ3n) is 3.64. The molecule has 0 saturated carbocycles. The molecule has 2 aromatic carbocycles. The summed E-state index contributed by atoms with van der Waals surface area (Å²) in [6.45, 7) is -0.347. The summed E-state index contributed by atoms with van der Waals surface area (Å²) in [6, 6.07) is 12.8. The second-order valence-corrected chi connectivity index (χ2v) is 8.60. The summed E-state index contributed by atoms with van der Waals surface area (Å²) in [7, 11) is -2.17. The van der Waals surface area contributed by atoms with Crippen molar-refractivity contribution in [3.63, 3.8) is 0 Å². The lowest BCUT2D eigenvalue weighted by Crippen LogP contribution is -2.39. The van der Waals surface area contributed by atoms with Gasteiger partial charge in [-0.15, -0.1) is 0 Å². The van der Waals surface area contributed by atoms with Crippen LogP contribution in [0.25, 0.3) is 0 Å². The van der Waals surface area contributed by atoms with E-state index in [1.54, 1.807) is 36.4 Å². The summed E-state index contributed by atoms with van der Waals surface area (Å²) in [5, 5.41) is 2.71. The van der Waals surface area contributed by atoms with E-state index < -0.39 is 27.8 Å². The first-order valence-corrected chi connectivity index (χ1v) is 10.0. The zero-order valence-corrected chi connectivity index (χ0v) is 16.1. The van der Waals surface area contributed by atoms with Crippen molar-refractivity contribution in [2.24, 2.45) is 0 Å². The molecule has 0 aliphatic rings. The molecule has 25 heavy (non-hydrogen) atoms. The number of hydrogen-bond donors (Lipinski definition) is 1. The van der Waals surface area contributed by atoms with Gasteiger partial charge in [0.05, 0.1) is 18.8 Å². The Balaban J connectivity index is 2.32. The highest BCUT2D eigenvalue weighted by atomic mass is 79.9. The van der Waals surface area contributed by atoms with Gasteiger partial charge < -0.3 is 5.32 Å². The minimum absolute atomic E-state index is 0.296. The summed E-state index contributed by atoms with van der Waals surface area (Å²) in [4.78, 5) is 12.3. The smallest absolute Gasteiger partial charge is 0.236 e. The van der Waals surface area contributed by atoms with Gasteiger partial charge in [0.1, 0.15) is 5.82 Å². The predicted octanol–water partition coefficient (Wildman–Crippen LogP) is 2.69. The van der Waals surface area contributed by atoms with Crippen molar-refractivity contribution in [2.75, 3.05) is 19.8 Å². The molecule has 1 amide bonds. The molecule has 0 spiro atoms. The lowest BCUT2D eigenvalue weighted by Gasteiger charge is -2.22. The SMILES string of the molecule is CN(CC(=O)N[C@@H](c1ccccc1)c1ccc(Br)cc1F)S(C)(=O)=O. The number of amides is 1. The second kappa shape index (κ2) is 8.07. The maximum atomic E-state index is 14.4. The molecule has 0 aliphatic carbocycles. The van der Waals surface area contributed by atoms with Gasteiger partial charge in [0.25, 0.3) is 0 Å². The van der Waals surface area contributed by atoms with Crippen molar-refractivity contribution >= 4 is 31.9 Å². The van der Waals surface area contributed by atoms with Gasteiger partial charge in [-0.05, 0) is 17.7 Å². The van der Waals surface area contributed by atoms with Crippen LogP contribution in [0.2, 0.25) is 0 Å². The Hall–Kier alpha value is -1.77. The average Bonchev–Trinajstić information content (AvgIpc) is 2.53. The number of rotatable bonds is 6. The van der Waals surface area contributed by atoms with Crippen molar-refractivity contribution in [3.05, 3.63) is 69.9 Å². The Morgan fingerprint density at radius 2 is 1.88 bits per heavy atom. The molecule has 0 heterocycles. The van der Waals surface area contributed by atoms with Gasteiger partial charge in [-0.1, -0.05) is 52.3 Å². The number of carbonyl (C=O) groups excluding carboxylic acids is 1. The first kappa shape index (κ1) is 19.6. The molecule has 0 aliphatic heterocycles. The predicted molar refractivity (Wildman–Crippen MR) is 98.0 cm³/mol. The quantitative estimate of drug-likeness (QED) is 0.768. The van der Waals surface area contributed by atoms with Gasteiger partial charge in [-0.3, -0.25) is 4.79 Å². The number of likely N-dealkylation sites (N-methyl/N-ethyl adjacent to an activating group) is 1. The molecule has 2 rings (SSSR count). The number of nitrogens with one attached hydrogen (secondary N) is 1. The largest absolute Gasteiger partial charge is 0.344 e. The van der Waals surface area contributed by atoms with Crippen LogP contribution in [0.1, 0.15) is 17.2 Å².